The fourth-order valence-electron chi connectivity index (χ4n) is 2.87. The van der Waals surface area contributed by atoms with Crippen molar-refractivity contribution in [2.45, 2.75) is 65.5 Å². The second-order valence-electron chi connectivity index (χ2n) is 5.82. The van der Waals surface area contributed by atoms with Gasteiger partial charge in [-0.05, 0) is 45.2 Å². The normalized spacial score (nSPS) is 14.2. The third kappa shape index (κ3) is 5.64. The highest BCUT2D eigenvalue weighted by molar-refractivity contribution is 5.29. The van der Waals surface area contributed by atoms with E-state index in [4.69, 9.17) is 4.74 Å². The molecule has 0 bridgehead atoms. The molecule has 0 amide bonds. The van der Waals surface area contributed by atoms with Gasteiger partial charge in [-0.2, -0.15) is 0 Å². The highest BCUT2D eigenvalue weighted by Crippen LogP contribution is 2.15. The van der Waals surface area contributed by atoms with E-state index in [-0.39, 0.29) is 0 Å². The molecule has 1 N–H and O–H groups in total. The van der Waals surface area contributed by atoms with Crippen molar-refractivity contribution in [1.82, 2.24) is 5.32 Å². The van der Waals surface area contributed by atoms with Gasteiger partial charge in [-0.25, -0.2) is 0 Å². The number of ether oxygens (including phenoxy) is 1. The Balaban J connectivity index is 2.81. The van der Waals surface area contributed by atoms with Crippen molar-refractivity contribution >= 4 is 0 Å². The molecule has 0 saturated heterocycles. The van der Waals surface area contributed by atoms with E-state index in [2.05, 4.69) is 51.2 Å². The molecule has 0 aliphatic heterocycles. The molecular weight excluding hydrogens is 246 g/mol. The van der Waals surface area contributed by atoms with Gasteiger partial charge in [0, 0.05) is 13.2 Å². The Morgan fingerprint density at radius 1 is 1.05 bits per heavy atom. The van der Waals surface area contributed by atoms with Crippen LogP contribution >= 0.6 is 0 Å². The number of rotatable bonds is 9. The van der Waals surface area contributed by atoms with E-state index in [0.29, 0.717) is 12.1 Å². The average molecular weight is 277 g/mol. The van der Waals surface area contributed by atoms with Gasteiger partial charge in [0.25, 0.3) is 0 Å². The quantitative estimate of drug-likeness (QED) is 0.736. The summed E-state index contributed by atoms with van der Waals surface area (Å²) in [6.45, 7) is 9.83. The van der Waals surface area contributed by atoms with Crippen LogP contribution in [0.2, 0.25) is 0 Å². The van der Waals surface area contributed by atoms with E-state index in [0.717, 1.165) is 32.2 Å². The van der Waals surface area contributed by atoms with E-state index in [1.54, 1.807) is 0 Å². The minimum absolute atomic E-state index is 0.298. The summed E-state index contributed by atoms with van der Waals surface area (Å²) in [7, 11) is 1.84. The number of hydrogen-bond acceptors (Lipinski definition) is 2. The van der Waals surface area contributed by atoms with Crippen molar-refractivity contribution in [1.29, 1.82) is 0 Å². The Morgan fingerprint density at radius 2 is 1.70 bits per heavy atom. The molecule has 2 nitrogen and oxygen atoms in total. The first-order chi connectivity index (χ1) is 9.60. The van der Waals surface area contributed by atoms with E-state index in [9.17, 15) is 0 Å². The highest BCUT2D eigenvalue weighted by Gasteiger charge is 2.20. The molecule has 0 saturated carbocycles. The van der Waals surface area contributed by atoms with Crippen LogP contribution in [0.15, 0.2) is 18.2 Å². The summed E-state index contributed by atoms with van der Waals surface area (Å²) in [5.41, 5.74) is 4.10. The number of methoxy groups -OCH3 is 1. The molecule has 0 aliphatic carbocycles. The molecule has 0 aromatic heterocycles. The second-order valence-corrected chi connectivity index (χ2v) is 5.82. The van der Waals surface area contributed by atoms with Crippen LogP contribution < -0.4 is 5.32 Å². The third-order valence-corrected chi connectivity index (χ3v) is 3.72. The molecule has 1 rings (SSSR count). The van der Waals surface area contributed by atoms with Gasteiger partial charge in [0.05, 0.1) is 6.10 Å². The smallest absolute Gasteiger partial charge is 0.0727 e. The molecule has 2 unspecified atom stereocenters. The average Bonchev–Trinajstić information content (AvgIpc) is 2.40. The van der Waals surface area contributed by atoms with E-state index in [1.807, 2.05) is 7.11 Å². The van der Waals surface area contributed by atoms with Crippen LogP contribution in [0.5, 0.6) is 0 Å². The van der Waals surface area contributed by atoms with Crippen molar-refractivity contribution in [3.05, 3.63) is 34.9 Å². The van der Waals surface area contributed by atoms with E-state index >= 15 is 0 Å². The van der Waals surface area contributed by atoms with Crippen LogP contribution in [-0.4, -0.2) is 25.8 Å². The number of hydrogen-bond donors (Lipinski definition) is 1. The first-order valence-electron chi connectivity index (χ1n) is 7.94. The van der Waals surface area contributed by atoms with Gasteiger partial charge < -0.3 is 10.1 Å². The van der Waals surface area contributed by atoms with Crippen LogP contribution in [0.4, 0.5) is 0 Å². The zero-order valence-electron chi connectivity index (χ0n) is 13.8. The van der Waals surface area contributed by atoms with Gasteiger partial charge in [0.2, 0.25) is 0 Å². The largest absolute Gasteiger partial charge is 0.380 e. The van der Waals surface area contributed by atoms with Crippen molar-refractivity contribution < 1.29 is 4.74 Å². The minimum atomic E-state index is 0.298. The predicted molar refractivity (Wildman–Crippen MR) is 87.4 cm³/mol. The van der Waals surface area contributed by atoms with Crippen molar-refractivity contribution in [3.8, 4) is 0 Å². The van der Waals surface area contributed by atoms with Gasteiger partial charge in [-0.1, -0.05) is 49.6 Å². The Morgan fingerprint density at radius 3 is 2.20 bits per heavy atom. The molecule has 2 atom stereocenters. The zero-order valence-corrected chi connectivity index (χ0v) is 13.8. The molecule has 1 aromatic carbocycles. The molecule has 1 aromatic rings. The summed E-state index contributed by atoms with van der Waals surface area (Å²) < 4.78 is 5.72. The van der Waals surface area contributed by atoms with Gasteiger partial charge in [-0.3, -0.25) is 0 Å². The molecule has 20 heavy (non-hydrogen) atoms. The third-order valence-electron chi connectivity index (χ3n) is 3.72. The van der Waals surface area contributed by atoms with Gasteiger partial charge >= 0.3 is 0 Å². The lowest BCUT2D eigenvalue weighted by Crippen LogP contribution is -2.43. The fourth-order valence-corrected chi connectivity index (χ4v) is 2.87. The lowest BCUT2D eigenvalue weighted by molar-refractivity contribution is 0.0609. The lowest BCUT2D eigenvalue weighted by Gasteiger charge is -2.27. The molecule has 0 fully saturated rings. The summed E-state index contributed by atoms with van der Waals surface area (Å²) in [6, 6.07) is 7.23. The predicted octanol–water partition coefficient (Wildman–Crippen LogP) is 4.03. The summed E-state index contributed by atoms with van der Waals surface area (Å²) in [5.74, 6) is 0. The van der Waals surface area contributed by atoms with Gasteiger partial charge in [0.1, 0.15) is 0 Å². The Labute approximate surface area is 124 Å². The van der Waals surface area contributed by atoms with E-state index in [1.165, 1.54) is 16.7 Å². The monoisotopic (exact) mass is 277 g/mol. The topological polar surface area (TPSA) is 21.3 Å². The summed E-state index contributed by atoms with van der Waals surface area (Å²) >= 11 is 0. The lowest BCUT2D eigenvalue weighted by atomic mass is 9.96. The molecule has 0 radical (unpaired) electrons. The van der Waals surface area contributed by atoms with Gasteiger partial charge in [-0.15, -0.1) is 0 Å². The van der Waals surface area contributed by atoms with Crippen LogP contribution in [0.1, 0.15) is 49.8 Å². The Bertz CT molecular complexity index is 369. The maximum absolute atomic E-state index is 5.72. The van der Waals surface area contributed by atoms with Crippen LogP contribution in [0, 0.1) is 13.8 Å². The standard InChI is InChI=1S/C18H31NO/c1-6-8-18(20-5)17(19-9-7-2)13-16-11-14(3)10-15(4)12-16/h10-12,17-19H,6-9,13H2,1-5H3. The summed E-state index contributed by atoms with van der Waals surface area (Å²) in [5, 5.41) is 3.67. The first kappa shape index (κ1) is 17.2. The molecule has 114 valence electrons. The molecular formula is C18H31NO. The molecule has 2 heteroatoms. The fraction of sp³-hybridized carbons (Fsp3) is 0.667. The second kappa shape index (κ2) is 9.15. The minimum Gasteiger partial charge on any atom is -0.380 e. The van der Waals surface area contributed by atoms with E-state index < -0.39 is 0 Å². The SMILES string of the molecule is CCCNC(Cc1cc(C)cc(C)c1)C(CCC)OC. The summed E-state index contributed by atoms with van der Waals surface area (Å²) in [6.07, 6.45) is 4.78. The van der Waals surface area contributed by atoms with Crippen molar-refractivity contribution in [2.24, 2.45) is 0 Å². The number of benzene rings is 1. The molecule has 0 heterocycles. The zero-order chi connectivity index (χ0) is 15.0. The highest BCUT2D eigenvalue weighted by atomic mass is 16.5. The summed E-state index contributed by atoms with van der Waals surface area (Å²) in [4.78, 5) is 0. The van der Waals surface area contributed by atoms with Crippen molar-refractivity contribution in [2.75, 3.05) is 13.7 Å². The Hall–Kier alpha value is -0.860. The van der Waals surface area contributed by atoms with Crippen LogP contribution in [0.25, 0.3) is 0 Å². The number of nitrogens with one attached hydrogen (secondary N) is 1. The molecule has 0 spiro atoms. The maximum Gasteiger partial charge on any atom is 0.0727 e. The molecule has 0 aliphatic rings. The van der Waals surface area contributed by atoms with Crippen molar-refractivity contribution in [3.63, 3.8) is 0 Å². The Kier molecular flexibility index (Phi) is 7.86. The van der Waals surface area contributed by atoms with Crippen LogP contribution in [0.3, 0.4) is 0 Å². The number of aryl methyl sites for hydroxylation is 2. The van der Waals surface area contributed by atoms with Crippen LogP contribution in [-0.2, 0) is 11.2 Å². The maximum atomic E-state index is 5.72. The van der Waals surface area contributed by atoms with Gasteiger partial charge in [0.15, 0.2) is 0 Å². The first-order valence-corrected chi connectivity index (χ1v) is 7.94.